The molecule has 106 valence electrons. The number of nitrogens with one attached hydrogen (secondary N) is 3. The van der Waals surface area contributed by atoms with Gasteiger partial charge in [0.2, 0.25) is 5.91 Å². The molecule has 0 aromatic heterocycles. The van der Waals surface area contributed by atoms with Crippen LogP contribution in [-0.2, 0) is 9.59 Å². The fraction of sp³-hybridized carbons (Fsp3) is 0.750. The topological polar surface area (TPSA) is 90.5 Å². The number of hydrogen-bond acceptors (Lipinski definition) is 4. The maximum absolute atomic E-state index is 12.3. The standard InChI is InChI=1S/C12H20N4O3/c1-8(6-13-2)9(17)16-5-3-4-12(7-16)10(18)14-11(19)15-12/h8,13H,3-7H2,1-2H3,(H2,14,15,18,19). The fourth-order valence-corrected chi connectivity index (χ4v) is 2.76. The van der Waals surface area contributed by atoms with E-state index in [1.165, 1.54) is 0 Å². The van der Waals surface area contributed by atoms with Crippen LogP contribution in [-0.4, -0.2) is 55.0 Å². The van der Waals surface area contributed by atoms with Crippen molar-refractivity contribution in [3.63, 3.8) is 0 Å². The van der Waals surface area contributed by atoms with E-state index in [1.54, 1.807) is 11.9 Å². The molecule has 0 radical (unpaired) electrons. The number of carbonyl (C=O) groups excluding carboxylic acids is 3. The molecule has 2 unspecified atom stereocenters. The van der Waals surface area contributed by atoms with Crippen molar-refractivity contribution in [2.24, 2.45) is 5.92 Å². The minimum Gasteiger partial charge on any atom is -0.340 e. The Morgan fingerprint density at radius 2 is 2.26 bits per heavy atom. The molecule has 4 amide bonds. The van der Waals surface area contributed by atoms with E-state index in [4.69, 9.17) is 0 Å². The van der Waals surface area contributed by atoms with E-state index in [0.29, 0.717) is 25.9 Å². The number of likely N-dealkylation sites (tertiary alicyclic amines) is 1. The molecule has 2 aliphatic heterocycles. The molecule has 3 N–H and O–H groups in total. The van der Waals surface area contributed by atoms with Gasteiger partial charge in [0.15, 0.2) is 0 Å². The van der Waals surface area contributed by atoms with E-state index in [2.05, 4.69) is 16.0 Å². The molecule has 19 heavy (non-hydrogen) atoms. The molecule has 2 saturated heterocycles. The second kappa shape index (κ2) is 5.16. The minimum absolute atomic E-state index is 0.0161. The van der Waals surface area contributed by atoms with E-state index in [1.807, 2.05) is 6.92 Å². The predicted octanol–water partition coefficient (Wildman–Crippen LogP) is -0.957. The Morgan fingerprint density at radius 3 is 2.84 bits per heavy atom. The van der Waals surface area contributed by atoms with Crippen molar-refractivity contribution in [2.45, 2.75) is 25.3 Å². The highest BCUT2D eigenvalue weighted by Gasteiger charge is 2.49. The van der Waals surface area contributed by atoms with Gasteiger partial charge in [0.05, 0.1) is 6.54 Å². The number of nitrogens with zero attached hydrogens (tertiary/aromatic N) is 1. The lowest BCUT2D eigenvalue weighted by molar-refractivity contribution is -0.139. The number of piperidine rings is 1. The molecule has 2 rings (SSSR count). The van der Waals surface area contributed by atoms with E-state index in [-0.39, 0.29) is 24.3 Å². The molecule has 0 aliphatic carbocycles. The van der Waals surface area contributed by atoms with Crippen LogP contribution < -0.4 is 16.0 Å². The van der Waals surface area contributed by atoms with Crippen molar-refractivity contribution < 1.29 is 14.4 Å². The monoisotopic (exact) mass is 268 g/mol. The Kier molecular flexibility index (Phi) is 3.75. The first kappa shape index (κ1) is 13.8. The van der Waals surface area contributed by atoms with Crippen LogP contribution in [0.4, 0.5) is 4.79 Å². The van der Waals surface area contributed by atoms with Crippen molar-refractivity contribution in [3.8, 4) is 0 Å². The van der Waals surface area contributed by atoms with Gasteiger partial charge in [-0.15, -0.1) is 0 Å². The Labute approximate surface area is 112 Å². The van der Waals surface area contributed by atoms with Crippen molar-refractivity contribution in [3.05, 3.63) is 0 Å². The summed E-state index contributed by atoms with van der Waals surface area (Å²) in [6.07, 6.45) is 1.29. The molecule has 0 aromatic carbocycles. The average molecular weight is 268 g/mol. The third-order valence-corrected chi connectivity index (χ3v) is 3.75. The number of rotatable bonds is 3. The van der Waals surface area contributed by atoms with Gasteiger partial charge in [0.25, 0.3) is 5.91 Å². The molecule has 2 aliphatic rings. The first-order valence-corrected chi connectivity index (χ1v) is 6.55. The maximum Gasteiger partial charge on any atom is 0.322 e. The third kappa shape index (κ3) is 2.56. The molecular weight excluding hydrogens is 248 g/mol. The van der Waals surface area contributed by atoms with Crippen molar-refractivity contribution >= 4 is 17.8 Å². The largest absolute Gasteiger partial charge is 0.340 e. The average Bonchev–Trinajstić information content (AvgIpc) is 2.63. The van der Waals surface area contributed by atoms with E-state index >= 15 is 0 Å². The zero-order chi connectivity index (χ0) is 14.0. The van der Waals surface area contributed by atoms with Crippen molar-refractivity contribution in [1.82, 2.24) is 20.9 Å². The smallest absolute Gasteiger partial charge is 0.322 e. The van der Waals surface area contributed by atoms with Gasteiger partial charge in [-0.05, 0) is 19.9 Å². The molecule has 7 heteroatoms. The molecule has 7 nitrogen and oxygen atoms in total. The summed E-state index contributed by atoms with van der Waals surface area (Å²) in [6, 6.07) is -0.470. The Balaban J connectivity index is 2.07. The Morgan fingerprint density at radius 1 is 1.53 bits per heavy atom. The Hall–Kier alpha value is -1.63. The number of urea groups is 1. The lowest BCUT2D eigenvalue weighted by atomic mass is 9.88. The number of imide groups is 1. The van der Waals surface area contributed by atoms with Gasteiger partial charge in [-0.2, -0.15) is 0 Å². The number of hydrogen-bond donors (Lipinski definition) is 3. The lowest BCUT2D eigenvalue weighted by Crippen LogP contribution is -2.60. The molecule has 2 atom stereocenters. The first-order valence-electron chi connectivity index (χ1n) is 6.55. The zero-order valence-electron chi connectivity index (χ0n) is 11.3. The molecule has 0 saturated carbocycles. The lowest BCUT2D eigenvalue weighted by Gasteiger charge is -2.39. The predicted molar refractivity (Wildman–Crippen MR) is 68.3 cm³/mol. The van der Waals surface area contributed by atoms with E-state index in [9.17, 15) is 14.4 Å². The van der Waals surface area contributed by atoms with Crippen molar-refractivity contribution in [2.75, 3.05) is 26.7 Å². The van der Waals surface area contributed by atoms with Crippen LogP contribution in [0.2, 0.25) is 0 Å². The van der Waals surface area contributed by atoms with Crippen LogP contribution in [0, 0.1) is 5.92 Å². The summed E-state index contributed by atoms with van der Waals surface area (Å²) < 4.78 is 0. The van der Waals surface area contributed by atoms with Crippen LogP contribution in [0.15, 0.2) is 0 Å². The SMILES string of the molecule is CNCC(C)C(=O)N1CCCC2(C1)NC(=O)NC2=O. The number of amides is 4. The highest BCUT2D eigenvalue weighted by Crippen LogP contribution is 2.25. The van der Waals surface area contributed by atoms with Gasteiger partial charge in [0.1, 0.15) is 5.54 Å². The van der Waals surface area contributed by atoms with Crippen LogP contribution in [0.5, 0.6) is 0 Å². The zero-order valence-corrected chi connectivity index (χ0v) is 11.3. The highest BCUT2D eigenvalue weighted by molar-refractivity contribution is 6.07. The summed E-state index contributed by atoms with van der Waals surface area (Å²) in [6.45, 7) is 3.35. The van der Waals surface area contributed by atoms with Crippen molar-refractivity contribution in [1.29, 1.82) is 0 Å². The molecule has 1 spiro atoms. The van der Waals surface area contributed by atoms with Gasteiger partial charge < -0.3 is 15.5 Å². The van der Waals surface area contributed by atoms with Gasteiger partial charge in [-0.1, -0.05) is 6.92 Å². The number of carbonyl (C=O) groups is 3. The summed E-state index contributed by atoms with van der Waals surface area (Å²) in [4.78, 5) is 37.1. The molecule has 2 fully saturated rings. The molecule has 0 aromatic rings. The minimum atomic E-state index is -0.926. The Bertz CT molecular complexity index is 412. The van der Waals surface area contributed by atoms with E-state index < -0.39 is 11.6 Å². The molecule has 2 heterocycles. The van der Waals surface area contributed by atoms with Crippen LogP contribution in [0.1, 0.15) is 19.8 Å². The molecular formula is C12H20N4O3. The van der Waals surface area contributed by atoms with E-state index in [0.717, 1.165) is 0 Å². The van der Waals surface area contributed by atoms with Gasteiger partial charge in [0, 0.05) is 19.0 Å². The summed E-state index contributed by atoms with van der Waals surface area (Å²) in [5.74, 6) is -0.445. The summed E-state index contributed by atoms with van der Waals surface area (Å²) in [7, 11) is 1.80. The summed E-state index contributed by atoms with van der Waals surface area (Å²) >= 11 is 0. The van der Waals surface area contributed by atoms with Crippen LogP contribution in [0.3, 0.4) is 0 Å². The van der Waals surface area contributed by atoms with Gasteiger partial charge in [-0.3, -0.25) is 14.9 Å². The quantitative estimate of drug-likeness (QED) is 0.575. The fourth-order valence-electron chi connectivity index (χ4n) is 2.76. The molecule has 0 bridgehead atoms. The summed E-state index contributed by atoms with van der Waals surface area (Å²) in [5, 5.41) is 7.89. The summed E-state index contributed by atoms with van der Waals surface area (Å²) in [5.41, 5.74) is -0.926. The second-order valence-corrected chi connectivity index (χ2v) is 5.31. The third-order valence-electron chi connectivity index (χ3n) is 3.75. The van der Waals surface area contributed by atoms with Gasteiger partial charge in [-0.25, -0.2) is 4.79 Å². The second-order valence-electron chi connectivity index (χ2n) is 5.31. The maximum atomic E-state index is 12.3. The normalized spacial score (nSPS) is 28.2. The first-order chi connectivity index (χ1) is 8.98. The highest BCUT2D eigenvalue weighted by atomic mass is 16.2. The van der Waals surface area contributed by atoms with Crippen LogP contribution >= 0.6 is 0 Å². The van der Waals surface area contributed by atoms with Crippen LogP contribution in [0.25, 0.3) is 0 Å². The van der Waals surface area contributed by atoms with Gasteiger partial charge >= 0.3 is 6.03 Å².